The SMILES string of the molecule is COc1ccc(-c2nc(COc3cc(C)c(Cl)c(C)c3)no2)cc1OC. The van der Waals surface area contributed by atoms with Crippen molar-refractivity contribution in [2.24, 2.45) is 0 Å². The molecule has 0 fully saturated rings. The number of halogens is 1. The molecule has 0 atom stereocenters. The molecule has 3 aromatic rings. The van der Waals surface area contributed by atoms with Gasteiger partial charge in [0, 0.05) is 10.6 Å². The fraction of sp³-hybridized carbons (Fsp3) is 0.263. The Hall–Kier alpha value is -2.73. The van der Waals surface area contributed by atoms with Gasteiger partial charge in [0.05, 0.1) is 14.2 Å². The molecule has 0 unspecified atom stereocenters. The summed E-state index contributed by atoms with van der Waals surface area (Å²) >= 11 is 6.17. The molecule has 26 heavy (non-hydrogen) atoms. The van der Waals surface area contributed by atoms with Gasteiger partial charge in [-0.1, -0.05) is 16.8 Å². The summed E-state index contributed by atoms with van der Waals surface area (Å²) in [5.74, 6) is 2.76. The van der Waals surface area contributed by atoms with Gasteiger partial charge in [-0.25, -0.2) is 0 Å². The Morgan fingerprint density at radius 3 is 2.35 bits per heavy atom. The van der Waals surface area contributed by atoms with Crippen molar-refractivity contribution >= 4 is 11.6 Å². The van der Waals surface area contributed by atoms with Crippen LogP contribution in [0.4, 0.5) is 0 Å². The zero-order valence-electron chi connectivity index (χ0n) is 15.0. The summed E-state index contributed by atoms with van der Waals surface area (Å²) in [6, 6.07) is 9.15. The third kappa shape index (κ3) is 3.75. The molecule has 0 aliphatic heterocycles. The van der Waals surface area contributed by atoms with Crippen molar-refractivity contribution in [2.45, 2.75) is 20.5 Å². The van der Waals surface area contributed by atoms with Gasteiger partial charge in [-0.2, -0.15) is 4.98 Å². The van der Waals surface area contributed by atoms with E-state index in [4.69, 9.17) is 30.3 Å². The Morgan fingerprint density at radius 1 is 1.00 bits per heavy atom. The van der Waals surface area contributed by atoms with E-state index in [0.717, 1.165) is 21.7 Å². The Morgan fingerprint density at radius 2 is 1.69 bits per heavy atom. The Balaban J connectivity index is 1.74. The van der Waals surface area contributed by atoms with Gasteiger partial charge < -0.3 is 18.7 Å². The maximum Gasteiger partial charge on any atom is 0.258 e. The second-order valence-corrected chi connectivity index (χ2v) is 6.12. The minimum atomic E-state index is 0.192. The molecule has 0 saturated carbocycles. The average Bonchev–Trinajstić information content (AvgIpc) is 3.12. The lowest BCUT2D eigenvalue weighted by Gasteiger charge is -2.08. The summed E-state index contributed by atoms with van der Waals surface area (Å²) < 4.78 is 21.6. The highest BCUT2D eigenvalue weighted by molar-refractivity contribution is 6.32. The van der Waals surface area contributed by atoms with Crippen LogP contribution in [-0.2, 0) is 6.61 Å². The summed E-state index contributed by atoms with van der Waals surface area (Å²) in [5, 5.41) is 4.70. The van der Waals surface area contributed by atoms with Crippen LogP contribution in [0, 0.1) is 13.8 Å². The normalized spacial score (nSPS) is 10.7. The fourth-order valence-electron chi connectivity index (χ4n) is 2.54. The largest absolute Gasteiger partial charge is 0.493 e. The maximum atomic E-state index is 6.17. The molecule has 0 bridgehead atoms. The van der Waals surface area contributed by atoms with Crippen LogP contribution in [-0.4, -0.2) is 24.4 Å². The lowest BCUT2D eigenvalue weighted by Crippen LogP contribution is -1.98. The first-order valence-corrected chi connectivity index (χ1v) is 8.34. The van der Waals surface area contributed by atoms with E-state index in [0.29, 0.717) is 29.0 Å². The van der Waals surface area contributed by atoms with E-state index < -0.39 is 0 Å². The molecule has 3 rings (SSSR count). The molecule has 0 spiro atoms. The predicted octanol–water partition coefficient (Wildman–Crippen LogP) is 4.60. The number of aromatic nitrogens is 2. The summed E-state index contributed by atoms with van der Waals surface area (Å²) in [6.07, 6.45) is 0. The van der Waals surface area contributed by atoms with E-state index in [-0.39, 0.29) is 6.61 Å². The molecule has 1 aromatic heterocycles. The lowest BCUT2D eigenvalue weighted by molar-refractivity contribution is 0.286. The van der Waals surface area contributed by atoms with Gasteiger partial charge in [0.15, 0.2) is 18.1 Å². The molecular formula is C19H19ClN2O4. The zero-order chi connectivity index (χ0) is 18.7. The number of aryl methyl sites for hydroxylation is 2. The first kappa shape index (κ1) is 18.1. The van der Waals surface area contributed by atoms with Crippen molar-refractivity contribution in [1.82, 2.24) is 10.1 Å². The van der Waals surface area contributed by atoms with E-state index in [1.165, 1.54) is 0 Å². The molecule has 7 heteroatoms. The Bertz CT molecular complexity index is 901. The summed E-state index contributed by atoms with van der Waals surface area (Å²) in [7, 11) is 3.16. The minimum Gasteiger partial charge on any atom is -0.493 e. The highest BCUT2D eigenvalue weighted by Crippen LogP contribution is 2.31. The molecule has 1 heterocycles. The van der Waals surface area contributed by atoms with Crippen LogP contribution in [0.1, 0.15) is 17.0 Å². The second kappa shape index (κ2) is 7.66. The van der Waals surface area contributed by atoms with Gasteiger partial charge in [0.25, 0.3) is 5.89 Å². The maximum absolute atomic E-state index is 6.17. The third-order valence-corrected chi connectivity index (χ3v) is 4.47. The molecule has 0 amide bonds. The van der Waals surface area contributed by atoms with Crippen molar-refractivity contribution in [3.63, 3.8) is 0 Å². The average molecular weight is 375 g/mol. The van der Waals surface area contributed by atoms with E-state index in [9.17, 15) is 0 Å². The minimum absolute atomic E-state index is 0.192. The first-order valence-electron chi connectivity index (χ1n) is 7.96. The number of hydrogen-bond donors (Lipinski definition) is 0. The molecule has 0 saturated heterocycles. The summed E-state index contributed by atoms with van der Waals surface area (Å²) in [5.41, 5.74) is 2.65. The number of benzene rings is 2. The molecule has 2 aromatic carbocycles. The van der Waals surface area contributed by atoms with Gasteiger partial charge in [0.2, 0.25) is 5.82 Å². The number of rotatable bonds is 6. The van der Waals surface area contributed by atoms with Crippen molar-refractivity contribution < 1.29 is 18.7 Å². The summed E-state index contributed by atoms with van der Waals surface area (Å²) in [6.45, 7) is 4.06. The standard InChI is InChI=1S/C19H19ClN2O4/c1-11-7-14(8-12(2)18(11)20)25-10-17-21-19(26-22-17)13-5-6-15(23-3)16(9-13)24-4/h5-9H,10H2,1-4H3. The Labute approximate surface area is 156 Å². The predicted molar refractivity (Wildman–Crippen MR) is 98.1 cm³/mol. The topological polar surface area (TPSA) is 66.6 Å². The molecule has 136 valence electrons. The molecule has 6 nitrogen and oxygen atoms in total. The molecule has 0 aliphatic rings. The Kier molecular flexibility index (Phi) is 5.32. The van der Waals surface area contributed by atoms with Crippen molar-refractivity contribution in [1.29, 1.82) is 0 Å². The van der Waals surface area contributed by atoms with Gasteiger partial charge in [0.1, 0.15) is 5.75 Å². The monoisotopic (exact) mass is 374 g/mol. The van der Waals surface area contributed by atoms with Crippen LogP contribution in [0.25, 0.3) is 11.5 Å². The van der Waals surface area contributed by atoms with E-state index in [1.54, 1.807) is 26.4 Å². The third-order valence-electron chi connectivity index (χ3n) is 3.88. The first-order chi connectivity index (χ1) is 12.5. The van der Waals surface area contributed by atoms with Crippen molar-refractivity contribution in [2.75, 3.05) is 14.2 Å². The van der Waals surface area contributed by atoms with Crippen LogP contribution < -0.4 is 14.2 Å². The van der Waals surface area contributed by atoms with E-state index in [1.807, 2.05) is 32.0 Å². The van der Waals surface area contributed by atoms with E-state index >= 15 is 0 Å². The zero-order valence-corrected chi connectivity index (χ0v) is 15.8. The van der Waals surface area contributed by atoms with Crippen LogP contribution in [0.5, 0.6) is 17.2 Å². The van der Waals surface area contributed by atoms with Gasteiger partial charge >= 0.3 is 0 Å². The highest BCUT2D eigenvalue weighted by Gasteiger charge is 2.13. The highest BCUT2D eigenvalue weighted by atomic mass is 35.5. The quantitative estimate of drug-likeness (QED) is 0.628. The molecular weight excluding hydrogens is 356 g/mol. The summed E-state index contributed by atoms with van der Waals surface area (Å²) in [4.78, 5) is 4.36. The number of methoxy groups -OCH3 is 2. The smallest absolute Gasteiger partial charge is 0.258 e. The molecule has 0 radical (unpaired) electrons. The van der Waals surface area contributed by atoms with Gasteiger partial charge in [-0.3, -0.25) is 0 Å². The number of hydrogen-bond acceptors (Lipinski definition) is 6. The van der Waals surface area contributed by atoms with Crippen molar-refractivity contribution in [3.8, 4) is 28.7 Å². The van der Waals surface area contributed by atoms with Crippen molar-refractivity contribution in [3.05, 3.63) is 52.3 Å². The molecule has 0 N–H and O–H groups in total. The fourth-order valence-corrected chi connectivity index (χ4v) is 2.65. The van der Waals surface area contributed by atoms with Crippen LogP contribution >= 0.6 is 11.6 Å². The van der Waals surface area contributed by atoms with E-state index in [2.05, 4.69) is 10.1 Å². The van der Waals surface area contributed by atoms with Gasteiger partial charge in [-0.05, 0) is 55.3 Å². The second-order valence-electron chi connectivity index (χ2n) is 5.75. The van der Waals surface area contributed by atoms with Crippen LogP contribution in [0.15, 0.2) is 34.9 Å². The van der Waals surface area contributed by atoms with Gasteiger partial charge in [-0.15, -0.1) is 0 Å². The lowest BCUT2D eigenvalue weighted by atomic mass is 10.1. The molecule has 0 aliphatic carbocycles. The number of ether oxygens (including phenoxy) is 3. The van der Waals surface area contributed by atoms with Crippen LogP contribution in [0.2, 0.25) is 5.02 Å². The van der Waals surface area contributed by atoms with Crippen LogP contribution in [0.3, 0.4) is 0 Å². The number of nitrogens with zero attached hydrogens (tertiary/aromatic N) is 2.